The summed E-state index contributed by atoms with van der Waals surface area (Å²) in [4.78, 5) is 23.2. The minimum absolute atomic E-state index is 0.309. The van der Waals surface area contributed by atoms with Crippen LogP contribution in [0, 0.1) is 5.82 Å². The maximum atomic E-state index is 12.8. The number of carboxylic acid groups (broad SMARTS) is 1. The number of rotatable bonds is 4. The second kappa shape index (κ2) is 5.97. The average molecular weight is 273 g/mol. The largest absolute Gasteiger partial charge is 0.479 e. The molecule has 20 heavy (non-hydrogen) atoms. The molecule has 5 heteroatoms. The lowest BCUT2D eigenvalue weighted by Gasteiger charge is -2.15. The van der Waals surface area contributed by atoms with Gasteiger partial charge in [-0.05, 0) is 29.8 Å². The summed E-state index contributed by atoms with van der Waals surface area (Å²) in [5.41, 5.74) is 0.670. The van der Waals surface area contributed by atoms with E-state index in [1.807, 2.05) is 0 Å². The molecule has 0 fully saturated rings. The van der Waals surface area contributed by atoms with Gasteiger partial charge in [0.25, 0.3) is 5.91 Å². The van der Waals surface area contributed by atoms with Crippen molar-refractivity contribution in [3.8, 4) is 0 Å². The molecular formula is C15H12FNO3. The van der Waals surface area contributed by atoms with Gasteiger partial charge in [0.15, 0.2) is 6.04 Å². The van der Waals surface area contributed by atoms with E-state index in [9.17, 15) is 19.1 Å². The Bertz CT molecular complexity index is 611. The first-order chi connectivity index (χ1) is 9.58. The van der Waals surface area contributed by atoms with Gasteiger partial charge in [-0.15, -0.1) is 0 Å². The minimum Gasteiger partial charge on any atom is -0.479 e. The van der Waals surface area contributed by atoms with Crippen molar-refractivity contribution < 1.29 is 19.1 Å². The third-order valence-electron chi connectivity index (χ3n) is 2.76. The van der Waals surface area contributed by atoms with Crippen molar-refractivity contribution in [1.82, 2.24) is 5.32 Å². The lowest BCUT2D eigenvalue weighted by Crippen LogP contribution is -2.33. The Kier molecular flexibility index (Phi) is 4.10. The van der Waals surface area contributed by atoms with Gasteiger partial charge in [-0.2, -0.15) is 0 Å². The molecule has 102 valence electrons. The molecule has 0 aliphatic heterocycles. The molecular weight excluding hydrogens is 261 g/mol. The van der Waals surface area contributed by atoms with Gasteiger partial charge in [0.05, 0.1) is 0 Å². The predicted octanol–water partition coefficient (Wildman–Crippen LogP) is 2.38. The molecule has 2 aromatic carbocycles. The van der Waals surface area contributed by atoms with Crippen LogP contribution in [0.1, 0.15) is 22.0 Å². The highest BCUT2D eigenvalue weighted by Crippen LogP contribution is 2.15. The van der Waals surface area contributed by atoms with Crippen LogP contribution in [-0.2, 0) is 4.79 Å². The number of nitrogens with one attached hydrogen (secondary N) is 1. The molecule has 4 nitrogen and oxygen atoms in total. The number of amides is 1. The second-order valence-electron chi connectivity index (χ2n) is 4.16. The molecule has 0 aromatic heterocycles. The summed E-state index contributed by atoms with van der Waals surface area (Å²) in [6, 6.07) is 12.0. The first kappa shape index (κ1) is 13.7. The van der Waals surface area contributed by atoms with Crippen molar-refractivity contribution >= 4 is 11.9 Å². The van der Waals surface area contributed by atoms with Crippen LogP contribution in [0.15, 0.2) is 54.6 Å². The summed E-state index contributed by atoms with van der Waals surface area (Å²) < 4.78 is 12.8. The first-order valence-electron chi connectivity index (χ1n) is 5.92. The molecule has 0 radical (unpaired) electrons. The van der Waals surface area contributed by atoms with Gasteiger partial charge in [0, 0.05) is 5.56 Å². The topological polar surface area (TPSA) is 66.4 Å². The van der Waals surface area contributed by atoms with Crippen molar-refractivity contribution in [2.75, 3.05) is 0 Å². The molecule has 2 aromatic rings. The Morgan fingerprint density at radius 2 is 1.60 bits per heavy atom. The van der Waals surface area contributed by atoms with E-state index in [-0.39, 0.29) is 0 Å². The van der Waals surface area contributed by atoms with Crippen LogP contribution in [0.2, 0.25) is 0 Å². The van der Waals surface area contributed by atoms with E-state index in [1.165, 1.54) is 12.1 Å². The van der Waals surface area contributed by atoms with Crippen LogP contribution < -0.4 is 5.32 Å². The molecule has 0 aliphatic rings. The second-order valence-corrected chi connectivity index (χ2v) is 4.16. The number of carboxylic acids is 1. The lowest BCUT2D eigenvalue weighted by molar-refractivity contribution is -0.139. The summed E-state index contributed by atoms with van der Waals surface area (Å²) in [6.07, 6.45) is 0. The van der Waals surface area contributed by atoms with Gasteiger partial charge in [-0.3, -0.25) is 4.79 Å². The highest BCUT2D eigenvalue weighted by atomic mass is 19.1. The fourth-order valence-corrected chi connectivity index (χ4v) is 1.75. The van der Waals surface area contributed by atoms with Crippen molar-refractivity contribution in [3.05, 3.63) is 71.5 Å². The van der Waals surface area contributed by atoms with E-state index >= 15 is 0 Å². The van der Waals surface area contributed by atoms with Gasteiger partial charge in [0.1, 0.15) is 5.82 Å². The van der Waals surface area contributed by atoms with Crippen LogP contribution in [0.4, 0.5) is 4.39 Å². The Morgan fingerprint density at radius 1 is 1.00 bits per heavy atom. The number of hydrogen-bond donors (Lipinski definition) is 2. The van der Waals surface area contributed by atoms with E-state index < -0.39 is 23.7 Å². The van der Waals surface area contributed by atoms with E-state index in [0.29, 0.717) is 11.1 Å². The number of halogens is 1. The summed E-state index contributed by atoms with van der Waals surface area (Å²) in [6.45, 7) is 0. The minimum atomic E-state index is -1.22. The Labute approximate surface area is 114 Å². The SMILES string of the molecule is O=C(NC(C(=O)O)c1ccc(F)cc1)c1ccccc1. The van der Waals surface area contributed by atoms with Crippen LogP contribution in [-0.4, -0.2) is 17.0 Å². The zero-order valence-electron chi connectivity index (χ0n) is 10.4. The molecule has 2 N–H and O–H groups in total. The summed E-state index contributed by atoms with van der Waals surface area (Å²) in [5, 5.41) is 11.6. The molecule has 0 bridgehead atoms. The van der Waals surface area contributed by atoms with E-state index in [1.54, 1.807) is 30.3 Å². The molecule has 1 atom stereocenters. The van der Waals surface area contributed by atoms with Gasteiger partial charge >= 0.3 is 5.97 Å². The smallest absolute Gasteiger partial charge is 0.330 e. The predicted molar refractivity (Wildman–Crippen MR) is 70.7 cm³/mol. The van der Waals surface area contributed by atoms with Crippen LogP contribution >= 0.6 is 0 Å². The van der Waals surface area contributed by atoms with E-state index in [0.717, 1.165) is 12.1 Å². The quantitative estimate of drug-likeness (QED) is 0.898. The Morgan fingerprint density at radius 3 is 2.15 bits per heavy atom. The van der Waals surface area contributed by atoms with Gasteiger partial charge in [-0.25, -0.2) is 9.18 Å². The van der Waals surface area contributed by atoms with Gasteiger partial charge in [-0.1, -0.05) is 30.3 Å². The number of carbonyl (C=O) groups is 2. The van der Waals surface area contributed by atoms with Crippen LogP contribution in [0.25, 0.3) is 0 Å². The third-order valence-corrected chi connectivity index (χ3v) is 2.76. The molecule has 1 unspecified atom stereocenters. The fraction of sp³-hybridized carbons (Fsp3) is 0.0667. The molecule has 1 amide bonds. The number of carbonyl (C=O) groups excluding carboxylic acids is 1. The van der Waals surface area contributed by atoms with Crippen LogP contribution in [0.5, 0.6) is 0 Å². The molecule has 0 aliphatic carbocycles. The van der Waals surface area contributed by atoms with Gasteiger partial charge in [0.2, 0.25) is 0 Å². The molecule has 0 saturated heterocycles. The Balaban J connectivity index is 2.20. The first-order valence-corrected chi connectivity index (χ1v) is 5.92. The van der Waals surface area contributed by atoms with E-state index in [2.05, 4.69) is 5.32 Å². The molecule has 0 saturated carbocycles. The maximum Gasteiger partial charge on any atom is 0.330 e. The highest BCUT2D eigenvalue weighted by Gasteiger charge is 2.22. The van der Waals surface area contributed by atoms with E-state index in [4.69, 9.17) is 0 Å². The van der Waals surface area contributed by atoms with Crippen molar-refractivity contribution in [2.24, 2.45) is 0 Å². The number of benzene rings is 2. The summed E-state index contributed by atoms with van der Waals surface area (Å²) in [5.74, 6) is -2.17. The molecule has 2 rings (SSSR count). The standard InChI is InChI=1S/C15H12FNO3/c16-12-8-6-10(7-9-12)13(15(19)20)17-14(18)11-4-2-1-3-5-11/h1-9,13H,(H,17,18)(H,19,20). The molecule has 0 spiro atoms. The lowest BCUT2D eigenvalue weighted by atomic mass is 10.1. The normalized spacial score (nSPS) is 11.7. The zero-order chi connectivity index (χ0) is 14.5. The highest BCUT2D eigenvalue weighted by molar-refractivity contribution is 5.96. The number of aliphatic carboxylic acids is 1. The van der Waals surface area contributed by atoms with Crippen molar-refractivity contribution in [2.45, 2.75) is 6.04 Å². The average Bonchev–Trinajstić information content (AvgIpc) is 2.46. The fourth-order valence-electron chi connectivity index (χ4n) is 1.75. The molecule has 0 heterocycles. The maximum absolute atomic E-state index is 12.8. The van der Waals surface area contributed by atoms with Crippen LogP contribution in [0.3, 0.4) is 0 Å². The van der Waals surface area contributed by atoms with Crippen molar-refractivity contribution in [3.63, 3.8) is 0 Å². The monoisotopic (exact) mass is 273 g/mol. The summed E-state index contributed by atoms with van der Waals surface area (Å²) in [7, 11) is 0. The van der Waals surface area contributed by atoms with Crippen molar-refractivity contribution in [1.29, 1.82) is 0 Å². The van der Waals surface area contributed by atoms with Gasteiger partial charge < -0.3 is 10.4 Å². The summed E-state index contributed by atoms with van der Waals surface area (Å²) >= 11 is 0. The number of hydrogen-bond acceptors (Lipinski definition) is 2. The third kappa shape index (κ3) is 3.20. The zero-order valence-corrected chi connectivity index (χ0v) is 10.4. The Hall–Kier alpha value is -2.69.